The van der Waals surface area contributed by atoms with Crippen molar-refractivity contribution in [3.05, 3.63) is 0 Å². The summed E-state index contributed by atoms with van der Waals surface area (Å²) in [6.45, 7) is 6.94. The molecule has 0 unspecified atom stereocenters. The van der Waals surface area contributed by atoms with Gasteiger partial charge in [-0.15, -0.1) is 0 Å². The Kier molecular flexibility index (Phi) is 8.37. The second kappa shape index (κ2) is 8.91. The number of carbonyl (C=O) groups excluding carboxylic acids is 2. The Balaban J connectivity index is 3.99. The number of esters is 1. The van der Waals surface area contributed by atoms with E-state index < -0.39 is 5.41 Å². The van der Waals surface area contributed by atoms with Crippen LogP contribution in [0.15, 0.2) is 0 Å². The third kappa shape index (κ3) is 5.04. The minimum atomic E-state index is -0.468. The van der Waals surface area contributed by atoms with Crippen molar-refractivity contribution in [2.24, 2.45) is 11.1 Å². The lowest BCUT2D eigenvalue weighted by molar-refractivity contribution is -0.143. The van der Waals surface area contributed by atoms with Gasteiger partial charge in [0, 0.05) is 19.5 Å². The molecule has 0 saturated heterocycles. The van der Waals surface area contributed by atoms with Crippen LogP contribution in [0, 0.1) is 5.41 Å². The first-order chi connectivity index (χ1) is 8.56. The standard InChI is InChI=1S/C13H26N2O3/c1-4-13(5-2,10-14)12(17)15-9-7-8-11(16)18-6-3/h4-10,14H2,1-3H3,(H,15,17). The fourth-order valence-corrected chi connectivity index (χ4v) is 1.81. The third-order valence-electron chi connectivity index (χ3n) is 3.37. The fourth-order valence-electron chi connectivity index (χ4n) is 1.81. The third-order valence-corrected chi connectivity index (χ3v) is 3.37. The van der Waals surface area contributed by atoms with Gasteiger partial charge in [-0.1, -0.05) is 13.8 Å². The zero-order chi connectivity index (χ0) is 14.0. The average Bonchev–Trinajstić information content (AvgIpc) is 2.38. The van der Waals surface area contributed by atoms with Crippen LogP contribution in [0.1, 0.15) is 46.5 Å². The molecule has 5 nitrogen and oxygen atoms in total. The van der Waals surface area contributed by atoms with E-state index in [1.807, 2.05) is 13.8 Å². The Labute approximate surface area is 109 Å². The molecule has 0 fully saturated rings. The first kappa shape index (κ1) is 16.9. The summed E-state index contributed by atoms with van der Waals surface area (Å²) in [5.41, 5.74) is 5.22. The maximum Gasteiger partial charge on any atom is 0.305 e. The van der Waals surface area contributed by atoms with Gasteiger partial charge >= 0.3 is 5.97 Å². The summed E-state index contributed by atoms with van der Waals surface area (Å²) in [6, 6.07) is 0. The molecule has 0 bridgehead atoms. The highest BCUT2D eigenvalue weighted by molar-refractivity contribution is 5.82. The molecule has 3 N–H and O–H groups in total. The van der Waals surface area contributed by atoms with E-state index in [-0.39, 0.29) is 11.9 Å². The molecule has 106 valence electrons. The molecule has 0 aliphatic carbocycles. The van der Waals surface area contributed by atoms with Crippen molar-refractivity contribution in [3.63, 3.8) is 0 Å². The highest BCUT2D eigenvalue weighted by Gasteiger charge is 2.32. The van der Waals surface area contributed by atoms with Crippen LogP contribution >= 0.6 is 0 Å². The summed E-state index contributed by atoms with van der Waals surface area (Å²) in [6.07, 6.45) is 2.38. The molecular formula is C13H26N2O3. The highest BCUT2D eigenvalue weighted by atomic mass is 16.5. The Morgan fingerprint density at radius 3 is 2.28 bits per heavy atom. The molecule has 1 amide bonds. The van der Waals surface area contributed by atoms with Crippen LogP contribution in [0.2, 0.25) is 0 Å². The number of nitrogens with two attached hydrogens (primary N) is 1. The van der Waals surface area contributed by atoms with Crippen LogP contribution in [0.4, 0.5) is 0 Å². The summed E-state index contributed by atoms with van der Waals surface area (Å²) < 4.78 is 4.81. The first-order valence-electron chi connectivity index (χ1n) is 6.70. The van der Waals surface area contributed by atoms with Gasteiger partial charge in [-0.2, -0.15) is 0 Å². The predicted molar refractivity (Wildman–Crippen MR) is 70.9 cm³/mol. The molecule has 0 aromatic carbocycles. The second-order valence-corrected chi connectivity index (χ2v) is 4.36. The van der Waals surface area contributed by atoms with Gasteiger partial charge in [0.2, 0.25) is 5.91 Å². The van der Waals surface area contributed by atoms with E-state index in [4.69, 9.17) is 10.5 Å². The van der Waals surface area contributed by atoms with Gasteiger partial charge < -0.3 is 15.8 Å². The van der Waals surface area contributed by atoms with Gasteiger partial charge in [0.15, 0.2) is 0 Å². The van der Waals surface area contributed by atoms with Gasteiger partial charge in [-0.3, -0.25) is 9.59 Å². The SMILES string of the molecule is CCOC(=O)CCCNC(=O)C(CC)(CC)CN. The molecular weight excluding hydrogens is 232 g/mol. The van der Waals surface area contributed by atoms with Gasteiger partial charge in [0.25, 0.3) is 0 Å². The van der Waals surface area contributed by atoms with Crippen molar-refractivity contribution in [2.75, 3.05) is 19.7 Å². The van der Waals surface area contributed by atoms with Gasteiger partial charge in [0.1, 0.15) is 0 Å². The Morgan fingerprint density at radius 1 is 1.22 bits per heavy atom. The summed E-state index contributed by atoms with van der Waals surface area (Å²) in [5.74, 6) is -0.235. The fraction of sp³-hybridized carbons (Fsp3) is 0.846. The molecule has 0 heterocycles. The minimum Gasteiger partial charge on any atom is -0.466 e. The molecule has 0 spiro atoms. The lowest BCUT2D eigenvalue weighted by Gasteiger charge is -2.28. The minimum absolute atomic E-state index is 0.0149. The number of ether oxygens (including phenoxy) is 1. The van der Waals surface area contributed by atoms with Crippen LogP contribution in [-0.2, 0) is 14.3 Å². The van der Waals surface area contributed by atoms with Crippen LogP contribution in [0.25, 0.3) is 0 Å². The van der Waals surface area contributed by atoms with Crippen LogP contribution < -0.4 is 11.1 Å². The number of amides is 1. The number of carbonyl (C=O) groups is 2. The lowest BCUT2D eigenvalue weighted by Crippen LogP contribution is -2.45. The van der Waals surface area contributed by atoms with E-state index in [9.17, 15) is 9.59 Å². The number of nitrogens with one attached hydrogen (secondary N) is 1. The molecule has 5 heteroatoms. The zero-order valence-corrected chi connectivity index (χ0v) is 11.8. The van der Waals surface area contributed by atoms with E-state index in [1.165, 1.54) is 0 Å². The van der Waals surface area contributed by atoms with Gasteiger partial charge in [-0.05, 0) is 26.2 Å². The highest BCUT2D eigenvalue weighted by Crippen LogP contribution is 2.24. The molecule has 18 heavy (non-hydrogen) atoms. The quantitative estimate of drug-likeness (QED) is 0.481. The van der Waals surface area contributed by atoms with Crippen molar-refractivity contribution < 1.29 is 14.3 Å². The van der Waals surface area contributed by atoms with Crippen molar-refractivity contribution >= 4 is 11.9 Å². The lowest BCUT2D eigenvalue weighted by atomic mass is 9.81. The van der Waals surface area contributed by atoms with Crippen molar-refractivity contribution in [1.82, 2.24) is 5.32 Å². The summed E-state index contributed by atoms with van der Waals surface area (Å²) in [5, 5.41) is 2.85. The van der Waals surface area contributed by atoms with E-state index in [2.05, 4.69) is 5.32 Å². The maximum absolute atomic E-state index is 12.0. The van der Waals surface area contributed by atoms with Crippen LogP contribution in [0.3, 0.4) is 0 Å². The topological polar surface area (TPSA) is 81.4 Å². The summed E-state index contributed by atoms with van der Waals surface area (Å²) >= 11 is 0. The van der Waals surface area contributed by atoms with Crippen molar-refractivity contribution in [1.29, 1.82) is 0 Å². The summed E-state index contributed by atoms with van der Waals surface area (Å²) in [4.78, 5) is 23.1. The molecule has 0 rings (SSSR count). The molecule has 0 aliphatic heterocycles. The molecule has 0 radical (unpaired) electrons. The second-order valence-electron chi connectivity index (χ2n) is 4.36. The van der Waals surface area contributed by atoms with Crippen molar-refractivity contribution in [2.45, 2.75) is 46.5 Å². The van der Waals surface area contributed by atoms with E-state index >= 15 is 0 Å². The maximum atomic E-state index is 12.0. The number of hydrogen-bond acceptors (Lipinski definition) is 4. The average molecular weight is 258 g/mol. The molecule has 0 aromatic heterocycles. The van der Waals surface area contributed by atoms with E-state index in [1.54, 1.807) is 6.92 Å². The van der Waals surface area contributed by atoms with Gasteiger partial charge in [-0.25, -0.2) is 0 Å². The Hall–Kier alpha value is -1.10. The Bertz CT molecular complexity index is 255. The number of hydrogen-bond donors (Lipinski definition) is 2. The number of rotatable bonds is 9. The van der Waals surface area contributed by atoms with E-state index in [0.29, 0.717) is 32.5 Å². The monoisotopic (exact) mass is 258 g/mol. The van der Waals surface area contributed by atoms with Crippen LogP contribution in [0.5, 0.6) is 0 Å². The molecule has 0 aromatic rings. The normalized spacial score (nSPS) is 11.1. The van der Waals surface area contributed by atoms with E-state index in [0.717, 1.165) is 12.8 Å². The molecule has 0 atom stereocenters. The molecule has 0 saturated carbocycles. The molecule has 0 aliphatic rings. The van der Waals surface area contributed by atoms with Gasteiger partial charge in [0.05, 0.1) is 12.0 Å². The van der Waals surface area contributed by atoms with Crippen molar-refractivity contribution in [3.8, 4) is 0 Å². The smallest absolute Gasteiger partial charge is 0.305 e. The largest absolute Gasteiger partial charge is 0.466 e. The predicted octanol–water partition coefficient (Wildman–Crippen LogP) is 1.21. The first-order valence-corrected chi connectivity index (χ1v) is 6.70. The Morgan fingerprint density at radius 2 is 1.83 bits per heavy atom. The van der Waals surface area contributed by atoms with Crippen LogP contribution in [-0.4, -0.2) is 31.6 Å². The zero-order valence-electron chi connectivity index (χ0n) is 11.8. The summed E-state index contributed by atoms with van der Waals surface area (Å²) in [7, 11) is 0.